The van der Waals surface area contributed by atoms with Gasteiger partial charge >= 0.3 is 0 Å². The van der Waals surface area contributed by atoms with E-state index < -0.39 is 0 Å². The van der Waals surface area contributed by atoms with Gasteiger partial charge in [-0.05, 0) is 19.8 Å². The monoisotopic (exact) mass is 156 g/mol. The highest BCUT2D eigenvalue weighted by molar-refractivity contribution is 5.74. The second-order valence-electron chi connectivity index (χ2n) is 3.48. The molecule has 0 aromatic heterocycles. The lowest BCUT2D eigenvalue weighted by molar-refractivity contribution is -0.132. The molecule has 64 valence electrons. The Morgan fingerprint density at radius 3 is 2.73 bits per heavy atom. The van der Waals surface area contributed by atoms with Gasteiger partial charge in [0.15, 0.2) is 0 Å². The first-order valence-electron chi connectivity index (χ1n) is 4.08. The average molecular weight is 156 g/mol. The summed E-state index contributed by atoms with van der Waals surface area (Å²) in [5.74, 6) is 0.149. The highest BCUT2D eigenvalue weighted by Crippen LogP contribution is 2.27. The molecular formula is C8H16N2O. The van der Waals surface area contributed by atoms with Crippen LogP contribution in [0.3, 0.4) is 0 Å². The maximum atomic E-state index is 11.1. The van der Waals surface area contributed by atoms with Crippen LogP contribution >= 0.6 is 0 Å². The Balaban J connectivity index is 2.72. The Bertz CT molecular complexity index is 169. The first-order valence-corrected chi connectivity index (χ1v) is 4.08. The fourth-order valence-electron chi connectivity index (χ4n) is 1.77. The highest BCUT2D eigenvalue weighted by Gasteiger charge is 2.36. The van der Waals surface area contributed by atoms with Crippen molar-refractivity contribution in [1.29, 1.82) is 0 Å². The molecule has 0 aromatic carbocycles. The summed E-state index contributed by atoms with van der Waals surface area (Å²) in [5.41, 5.74) is 5.54. The number of nitrogens with zero attached hydrogens (tertiary/aromatic N) is 1. The van der Waals surface area contributed by atoms with Gasteiger partial charge in [-0.3, -0.25) is 4.79 Å². The lowest BCUT2D eigenvalue weighted by Gasteiger charge is -2.33. The minimum absolute atomic E-state index is 0.0637. The van der Waals surface area contributed by atoms with Crippen molar-refractivity contribution in [3.63, 3.8) is 0 Å². The van der Waals surface area contributed by atoms with Crippen LogP contribution in [0, 0.1) is 0 Å². The Hall–Kier alpha value is -0.570. The molecule has 3 nitrogen and oxygen atoms in total. The first-order chi connectivity index (χ1) is 5.10. The molecule has 1 fully saturated rings. The minimum Gasteiger partial charge on any atom is -0.336 e. The Kier molecular flexibility index (Phi) is 2.18. The quantitative estimate of drug-likeness (QED) is 0.595. The fourth-order valence-corrected chi connectivity index (χ4v) is 1.77. The normalized spacial score (nSPS) is 31.0. The molecule has 2 N–H and O–H groups in total. The summed E-state index contributed by atoms with van der Waals surface area (Å²) in [6.45, 7) is 5.12. The van der Waals surface area contributed by atoms with E-state index in [1.54, 1.807) is 6.92 Å². The van der Waals surface area contributed by atoms with Gasteiger partial charge in [0.25, 0.3) is 0 Å². The summed E-state index contributed by atoms with van der Waals surface area (Å²) in [6.07, 6.45) is 2.14. The van der Waals surface area contributed by atoms with Crippen LogP contribution in [0.1, 0.15) is 26.7 Å². The molecule has 1 unspecified atom stereocenters. The third-order valence-electron chi connectivity index (χ3n) is 2.57. The second kappa shape index (κ2) is 2.81. The van der Waals surface area contributed by atoms with Gasteiger partial charge < -0.3 is 10.6 Å². The molecule has 0 radical (unpaired) electrons. The maximum Gasteiger partial charge on any atom is 0.219 e. The predicted octanol–water partition coefficient (Wildman–Crippen LogP) is 0.346. The van der Waals surface area contributed by atoms with E-state index in [9.17, 15) is 4.79 Å². The predicted molar refractivity (Wildman–Crippen MR) is 44.1 cm³/mol. The van der Waals surface area contributed by atoms with E-state index in [-0.39, 0.29) is 11.4 Å². The van der Waals surface area contributed by atoms with Crippen molar-refractivity contribution in [2.24, 2.45) is 5.73 Å². The number of likely N-dealkylation sites (tertiary alicyclic amines) is 1. The highest BCUT2D eigenvalue weighted by atomic mass is 16.2. The zero-order valence-corrected chi connectivity index (χ0v) is 7.26. The van der Waals surface area contributed by atoms with Crippen molar-refractivity contribution in [3.8, 4) is 0 Å². The van der Waals surface area contributed by atoms with Crippen LogP contribution in [0.15, 0.2) is 0 Å². The molecule has 1 amide bonds. The zero-order chi connectivity index (χ0) is 8.48. The molecule has 1 rings (SSSR count). The number of carbonyl (C=O) groups excluding carboxylic acids is 1. The van der Waals surface area contributed by atoms with Crippen LogP contribution < -0.4 is 5.73 Å². The molecule has 0 bridgehead atoms. The molecule has 11 heavy (non-hydrogen) atoms. The summed E-state index contributed by atoms with van der Waals surface area (Å²) in [6, 6.07) is 0. The molecule has 0 spiro atoms. The topological polar surface area (TPSA) is 46.3 Å². The molecule has 1 aliphatic heterocycles. The molecule has 3 heteroatoms. The maximum absolute atomic E-state index is 11.1. The van der Waals surface area contributed by atoms with E-state index in [1.165, 1.54) is 0 Å². The van der Waals surface area contributed by atoms with Crippen molar-refractivity contribution in [2.45, 2.75) is 32.2 Å². The Morgan fingerprint density at radius 1 is 1.73 bits per heavy atom. The summed E-state index contributed by atoms with van der Waals surface area (Å²) in [5, 5.41) is 0. The molecule has 1 saturated heterocycles. The number of hydrogen-bond acceptors (Lipinski definition) is 2. The number of amides is 1. The van der Waals surface area contributed by atoms with E-state index in [0.717, 1.165) is 19.4 Å². The van der Waals surface area contributed by atoms with Crippen molar-refractivity contribution < 1.29 is 4.79 Å². The van der Waals surface area contributed by atoms with Crippen molar-refractivity contribution in [3.05, 3.63) is 0 Å². The molecule has 1 atom stereocenters. The number of nitrogens with two attached hydrogens (primary N) is 1. The number of rotatable bonds is 1. The van der Waals surface area contributed by atoms with Crippen molar-refractivity contribution >= 4 is 5.91 Å². The molecule has 1 heterocycles. The Labute approximate surface area is 67.5 Å². The molecule has 0 saturated carbocycles. The van der Waals surface area contributed by atoms with E-state index in [1.807, 2.05) is 4.90 Å². The SMILES string of the molecule is CC(=O)N1CCCC1(C)CN. The standard InChI is InChI=1S/C8H16N2O/c1-7(11)10-5-3-4-8(10,2)6-9/h3-6,9H2,1-2H3. The summed E-state index contributed by atoms with van der Waals surface area (Å²) in [4.78, 5) is 13.0. The van der Waals surface area contributed by atoms with Crippen LogP contribution in [0.4, 0.5) is 0 Å². The number of hydrogen-bond donors (Lipinski definition) is 1. The Morgan fingerprint density at radius 2 is 2.36 bits per heavy atom. The largest absolute Gasteiger partial charge is 0.336 e. The lowest BCUT2D eigenvalue weighted by atomic mass is 9.99. The van der Waals surface area contributed by atoms with Gasteiger partial charge in [0.05, 0.1) is 5.54 Å². The first kappa shape index (κ1) is 8.53. The van der Waals surface area contributed by atoms with Gasteiger partial charge in [-0.1, -0.05) is 0 Å². The van der Waals surface area contributed by atoms with E-state index in [2.05, 4.69) is 6.92 Å². The molecule has 0 aromatic rings. The van der Waals surface area contributed by atoms with Crippen LogP contribution in [-0.4, -0.2) is 29.4 Å². The van der Waals surface area contributed by atoms with E-state index >= 15 is 0 Å². The van der Waals surface area contributed by atoms with Crippen LogP contribution in [0.25, 0.3) is 0 Å². The van der Waals surface area contributed by atoms with Crippen LogP contribution in [-0.2, 0) is 4.79 Å². The molecule has 1 aliphatic rings. The number of carbonyl (C=O) groups is 1. The van der Waals surface area contributed by atoms with Gasteiger partial charge in [-0.2, -0.15) is 0 Å². The second-order valence-corrected chi connectivity index (χ2v) is 3.48. The molecular weight excluding hydrogens is 140 g/mol. The smallest absolute Gasteiger partial charge is 0.219 e. The van der Waals surface area contributed by atoms with Crippen molar-refractivity contribution in [1.82, 2.24) is 4.90 Å². The summed E-state index contributed by atoms with van der Waals surface area (Å²) < 4.78 is 0. The zero-order valence-electron chi connectivity index (χ0n) is 7.26. The van der Waals surface area contributed by atoms with Crippen molar-refractivity contribution in [2.75, 3.05) is 13.1 Å². The van der Waals surface area contributed by atoms with E-state index in [4.69, 9.17) is 5.73 Å². The lowest BCUT2D eigenvalue weighted by Crippen LogP contribution is -2.49. The van der Waals surface area contributed by atoms with Gasteiger partial charge in [-0.15, -0.1) is 0 Å². The van der Waals surface area contributed by atoms with Crippen LogP contribution in [0.5, 0.6) is 0 Å². The van der Waals surface area contributed by atoms with Gasteiger partial charge in [0.1, 0.15) is 0 Å². The fraction of sp³-hybridized carbons (Fsp3) is 0.875. The van der Waals surface area contributed by atoms with Gasteiger partial charge in [0, 0.05) is 20.0 Å². The average Bonchev–Trinajstić information content (AvgIpc) is 2.32. The van der Waals surface area contributed by atoms with Gasteiger partial charge in [-0.25, -0.2) is 0 Å². The van der Waals surface area contributed by atoms with Crippen LogP contribution in [0.2, 0.25) is 0 Å². The third kappa shape index (κ3) is 1.38. The minimum atomic E-state index is -0.0637. The summed E-state index contributed by atoms with van der Waals surface area (Å²) >= 11 is 0. The van der Waals surface area contributed by atoms with E-state index in [0.29, 0.717) is 6.54 Å². The molecule has 0 aliphatic carbocycles. The summed E-state index contributed by atoms with van der Waals surface area (Å²) in [7, 11) is 0. The third-order valence-corrected chi connectivity index (χ3v) is 2.57. The van der Waals surface area contributed by atoms with Gasteiger partial charge in [0.2, 0.25) is 5.91 Å².